The second kappa shape index (κ2) is 8.28. The van der Waals surface area contributed by atoms with Crippen molar-refractivity contribution >= 4 is 22.8 Å². The molecular weight excluding hydrogens is 330 g/mol. The third kappa shape index (κ3) is 4.68. The summed E-state index contributed by atoms with van der Waals surface area (Å²) in [5, 5.41) is 14.6. The molecule has 0 atom stereocenters. The minimum Gasteiger partial charge on any atom is -0.384 e. The highest BCUT2D eigenvalue weighted by atomic mass is 32.1. The standard InChI is InChI=1S/C20H23N3OS/c1-15(24)19-5-4-17(12-21)11-20(19)22-13-16-6-8-23(9-7-16)14-18-3-2-10-25-18/h2-5,10-11,16,22H,6-9,13-14H2,1H3. The Hall–Kier alpha value is -2.16. The summed E-state index contributed by atoms with van der Waals surface area (Å²) in [6.45, 7) is 5.69. The fourth-order valence-corrected chi connectivity index (χ4v) is 4.04. The monoisotopic (exact) mass is 353 g/mol. The van der Waals surface area contributed by atoms with Crippen LogP contribution in [-0.4, -0.2) is 30.3 Å². The maximum absolute atomic E-state index is 11.8. The number of nitrogens with zero attached hydrogens (tertiary/aromatic N) is 2. The Balaban J connectivity index is 1.53. The lowest BCUT2D eigenvalue weighted by Gasteiger charge is -2.32. The van der Waals surface area contributed by atoms with Gasteiger partial charge in [-0.15, -0.1) is 11.3 Å². The normalized spacial score (nSPS) is 15.7. The highest BCUT2D eigenvalue weighted by Crippen LogP contribution is 2.23. The topological polar surface area (TPSA) is 56.1 Å². The van der Waals surface area contributed by atoms with E-state index in [4.69, 9.17) is 5.26 Å². The zero-order valence-corrected chi connectivity index (χ0v) is 15.3. The highest BCUT2D eigenvalue weighted by molar-refractivity contribution is 7.09. The van der Waals surface area contributed by atoms with Gasteiger partial charge in [-0.05, 0) is 68.4 Å². The lowest BCUT2D eigenvalue weighted by molar-refractivity contribution is 0.101. The molecular formula is C20H23N3OS. The van der Waals surface area contributed by atoms with E-state index in [1.165, 1.54) is 4.88 Å². The van der Waals surface area contributed by atoms with Crippen LogP contribution in [0.25, 0.3) is 0 Å². The molecule has 5 heteroatoms. The first kappa shape index (κ1) is 17.7. The highest BCUT2D eigenvalue weighted by Gasteiger charge is 2.20. The van der Waals surface area contributed by atoms with Crippen LogP contribution in [0.4, 0.5) is 5.69 Å². The number of nitrogens with one attached hydrogen (secondary N) is 1. The molecule has 2 aromatic rings. The number of carbonyl (C=O) groups excluding carboxylic acids is 1. The van der Waals surface area contributed by atoms with Crippen LogP contribution in [0.3, 0.4) is 0 Å². The van der Waals surface area contributed by atoms with Crippen molar-refractivity contribution < 1.29 is 4.79 Å². The lowest BCUT2D eigenvalue weighted by Crippen LogP contribution is -2.35. The molecule has 3 rings (SSSR count). The van der Waals surface area contributed by atoms with Crippen LogP contribution in [0, 0.1) is 17.2 Å². The summed E-state index contributed by atoms with van der Waals surface area (Å²) in [7, 11) is 0. The number of Topliss-reactive ketones (excluding diaryl/α,β-unsaturated/α-hetero) is 1. The van der Waals surface area contributed by atoms with Crippen LogP contribution in [-0.2, 0) is 6.54 Å². The van der Waals surface area contributed by atoms with Crippen molar-refractivity contribution in [3.63, 3.8) is 0 Å². The Bertz CT molecular complexity index is 756. The zero-order chi connectivity index (χ0) is 17.6. The van der Waals surface area contributed by atoms with E-state index < -0.39 is 0 Å². The number of nitriles is 1. The number of hydrogen-bond donors (Lipinski definition) is 1. The molecule has 0 unspecified atom stereocenters. The molecule has 4 nitrogen and oxygen atoms in total. The third-order valence-electron chi connectivity index (χ3n) is 4.78. The van der Waals surface area contributed by atoms with E-state index in [1.807, 2.05) is 11.3 Å². The van der Waals surface area contributed by atoms with E-state index >= 15 is 0 Å². The van der Waals surface area contributed by atoms with Crippen molar-refractivity contribution in [3.8, 4) is 6.07 Å². The predicted molar refractivity (Wildman–Crippen MR) is 102 cm³/mol. The largest absolute Gasteiger partial charge is 0.384 e. The first-order valence-corrected chi connectivity index (χ1v) is 9.57. The number of piperidine rings is 1. The average Bonchev–Trinajstić information content (AvgIpc) is 3.13. The number of ketones is 1. The smallest absolute Gasteiger partial charge is 0.161 e. The van der Waals surface area contributed by atoms with Crippen molar-refractivity contribution in [1.29, 1.82) is 5.26 Å². The van der Waals surface area contributed by atoms with Gasteiger partial charge in [-0.1, -0.05) is 6.07 Å². The van der Waals surface area contributed by atoms with Crippen molar-refractivity contribution in [2.24, 2.45) is 5.92 Å². The number of likely N-dealkylation sites (tertiary alicyclic amines) is 1. The molecule has 0 radical (unpaired) electrons. The number of benzene rings is 1. The molecule has 1 aromatic carbocycles. The SMILES string of the molecule is CC(=O)c1ccc(C#N)cc1NCC1CCN(Cc2cccs2)CC1. The van der Waals surface area contributed by atoms with Crippen LogP contribution >= 0.6 is 11.3 Å². The Labute approximate surface area is 153 Å². The molecule has 0 spiro atoms. The molecule has 1 aliphatic rings. The molecule has 0 saturated carbocycles. The summed E-state index contributed by atoms with van der Waals surface area (Å²) in [5.41, 5.74) is 2.03. The van der Waals surface area contributed by atoms with Gasteiger partial charge in [-0.25, -0.2) is 0 Å². The quantitative estimate of drug-likeness (QED) is 0.793. The summed E-state index contributed by atoms with van der Waals surface area (Å²) in [5.74, 6) is 0.628. The van der Waals surface area contributed by atoms with Gasteiger partial charge in [0, 0.05) is 29.2 Å². The van der Waals surface area contributed by atoms with Crippen molar-refractivity contribution in [1.82, 2.24) is 4.90 Å². The lowest BCUT2D eigenvalue weighted by atomic mass is 9.96. The Morgan fingerprint density at radius 2 is 2.16 bits per heavy atom. The Morgan fingerprint density at radius 3 is 2.80 bits per heavy atom. The molecule has 0 bridgehead atoms. The van der Waals surface area contributed by atoms with E-state index in [-0.39, 0.29) is 5.78 Å². The third-order valence-corrected chi connectivity index (χ3v) is 5.64. The van der Waals surface area contributed by atoms with Crippen molar-refractivity contribution in [2.45, 2.75) is 26.3 Å². The van der Waals surface area contributed by atoms with Gasteiger partial charge in [-0.2, -0.15) is 5.26 Å². The maximum Gasteiger partial charge on any atom is 0.161 e. The summed E-state index contributed by atoms with van der Waals surface area (Å²) >= 11 is 1.82. The minimum atomic E-state index is 0.0257. The maximum atomic E-state index is 11.8. The second-order valence-electron chi connectivity index (χ2n) is 6.61. The van der Waals surface area contributed by atoms with Crippen molar-refractivity contribution in [2.75, 3.05) is 25.0 Å². The van der Waals surface area contributed by atoms with E-state index in [2.05, 4.69) is 33.8 Å². The number of hydrogen-bond acceptors (Lipinski definition) is 5. The molecule has 1 fully saturated rings. The molecule has 130 valence electrons. The fourth-order valence-electron chi connectivity index (χ4n) is 3.29. The van der Waals surface area contributed by atoms with Gasteiger partial charge in [0.05, 0.1) is 11.6 Å². The van der Waals surface area contributed by atoms with E-state index in [1.54, 1.807) is 25.1 Å². The Morgan fingerprint density at radius 1 is 1.36 bits per heavy atom. The van der Waals surface area contributed by atoms with Crippen LogP contribution < -0.4 is 5.32 Å². The second-order valence-corrected chi connectivity index (χ2v) is 7.64. The van der Waals surface area contributed by atoms with Gasteiger partial charge in [0.1, 0.15) is 0 Å². The van der Waals surface area contributed by atoms with Gasteiger partial charge in [0.15, 0.2) is 5.78 Å². The predicted octanol–water partition coefficient (Wildman–Crippen LogP) is 4.15. The molecule has 1 aromatic heterocycles. The van der Waals surface area contributed by atoms with Gasteiger partial charge in [-0.3, -0.25) is 9.69 Å². The summed E-state index contributed by atoms with van der Waals surface area (Å²) in [6.07, 6.45) is 2.32. The van der Waals surface area contributed by atoms with Crippen LogP contribution in [0.15, 0.2) is 35.7 Å². The molecule has 1 N–H and O–H groups in total. The van der Waals surface area contributed by atoms with Gasteiger partial charge in [0.25, 0.3) is 0 Å². The van der Waals surface area contributed by atoms with Crippen LogP contribution in [0.5, 0.6) is 0 Å². The molecule has 2 heterocycles. The summed E-state index contributed by atoms with van der Waals surface area (Å²) < 4.78 is 0. The Kier molecular flexibility index (Phi) is 5.85. The van der Waals surface area contributed by atoms with E-state index in [0.29, 0.717) is 17.0 Å². The zero-order valence-electron chi connectivity index (χ0n) is 14.5. The van der Waals surface area contributed by atoms with E-state index in [9.17, 15) is 4.79 Å². The van der Waals surface area contributed by atoms with Crippen LogP contribution in [0.1, 0.15) is 40.6 Å². The van der Waals surface area contributed by atoms with Crippen LogP contribution in [0.2, 0.25) is 0 Å². The van der Waals surface area contributed by atoms with Crippen molar-refractivity contribution in [3.05, 3.63) is 51.7 Å². The number of thiophene rings is 1. The first-order chi connectivity index (χ1) is 12.2. The fraction of sp³-hybridized carbons (Fsp3) is 0.400. The molecule has 1 aliphatic heterocycles. The minimum absolute atomic E-state index is 0.0257. The number of rotatable bonds is 6. The first-order valence-electron chi connectivity index (χ1n) is 8.69. The summed E-state index contributed by atoms with van der Waals surface area (Å²) in [4.78, 5) is 15.7. The summed E-state index contributed by atoms with van der Waals surface area (Å²) in [6, 6.07) is 11.7. The van der Waals surface area contributed by atoms with E-state index in [0.717, 1.165) is 44.7 Å². The number of carbonyl (C=O) groups is 1. The average molecular weight is 353 g/mol. The van der Waals surface area contributed by atoms with Gasteiger partial charge in [0.2, 0.25) is 0 Å². The number of anilines is 1. The van der Waals surface area contributed by atoms with Gasteiger partial charge >= 0.3 is 0 Å². The molecule has 0 amide bonds. The molecule has 25 heavy (non-hydrogen) atoms. The van der Waals surface area contributed by atoms with Gasteiger partial charge < -0.3 is 5.32 Å². The molecule has 0 aliphatic carbocycles. The molecule has 1 saturated heterocycles.